The van der Waals surface area contributed by atoms with Crippen LogP contribution in [0.1, 0.15) is 24.1 Å². The maximum absolute atomic E-state index is 12.0. The number of imidazole rings is 1. The zero-order valence-electron chi connectivity index (χ0n) is 15.1. The van der Waals surface area contributed by atoms with Gasteiger partial charge in [-0.15, -0.1) is 0 Å². The zero-order chi connectivity index (χ0) is 18.1. The van der Waals surface area contributed by atoms with E-state index in [0.717, 1.165) is 28.0 Å². The Hall–Kier alpha value is -2.44. The Bertz CT molecular complexity index is 945. The first-order valence-corrected chi connectivity index (χ1v) is 8.33. The summed E-state index contributed by atoms with van der Waals surface area (Å²) in [5.74, 6) is 0.826. The van der Waals surface area contributed by atoms with Gasteiger partial charge in [-0.05, 0) is 37.6 Å². The largest absolute Gasteiger partial charge is 0.383 e. The van der Waals surface area contributed by atoms with Crippen LogP contribution >= 0.6 is 0 Å². The molecule has 3 rings (SSSR count). The lowest BCUT2D eigenvalue weighted by molar-refractivity contribution is 0.164. The fourth-order valence-electron chi connectivity index (χ4n) is 3.24. The van der Waals surface area contributed by atoms with E-state index in [9.17, 15) is 4.79 Å². The quantitative estimate of drug-likeness (QED) is 0.774. The predicted molar refractivity (Wildman–Crippen MR) is 99.6 cm³/mol. The van der Waals surface area contributed by atoms with Gasteiger partial charge in [-0.1, -0.05) is 6.07 Å². The van der Waals surface area contributed by atoms with Crippen molar-refractivity contribution in [3.05, 3.63) is 51.9 Å². The Morgan fingerprint density at radius 2 is 2.08 bits per heavy atom. The molecule has 0 aliphatic rings. The molecule has 3 aromatic rings. The molecule has 0 fully saturated rings. The second-order valence-corrected chi connectivity index (χ2v) is 6.46. The molecular weight excluding hydrogens is 316 g/mol. The Morgan fingerprint density at radius 3 is 2.72 bits per heavy atom. The van der Waals surface area contributed by atoms with Gasteiger partial charge in [-0.2, -0.15) is 0 Å². The molecule has 132 valence electrons. The van der Waals surface area contributed by atoms with Gasteiger partial charge in [-0.3, -0.25) is 4.79 Å². The summed E-state index contributed by atoms with van der Waals surface area (Å²) in [6, 6.07) is 8.09. The Kier molecular flexibility index (Phi) is 4.74. The van der Waals surface area contributed by atoms with Crippen molar-refractivity contribution >= 4 is 11.0 Å². The van der Waals surface area contributed by atoms with Gasteiger partial charge in [0.25, 0.3) is 5.56 Å². The van der Waals surface area contributed by atoms with Crippen molar-refractivity contribution in [2.24, 2.45) is 12.8 Å². The van der Waals surface area contributed by atoms with Crippen molar-refractivity contribution in [3.63, 3.8) is 0 Å². The lowest BCUT2D eigenvalue weighted by atomic mass is 10.2. The lowest BCUT2D eigenvalue weighted by Crippen LogP contribution is -2.19. The van der Waals surface area contributed by atoms with Crippen molar-refractivity contribution in [1.29, 1.82) is 0 Å². The smallest absolute Gasteiger partial charge is 0.253 e. The lowest BCUT2D eigenvalue weighted by Gasteiger charge is -2.17. The molecule has 0 aliphatic carbocycles. The van der Waals surface area contributed by atoms with E-state index in [1.54, 1.807) is 18.7 Å². The molecule has 0 aliphatic heterocycles. The summed E-state index contributed by atoms with van der Waals surface area (Å²) in [6.45, 7) is 4.97. The second-order valence-electron chi connectivity index (χ2n) is 6.46. The summed E-state index contributed by atoms with van der Waals surface area (Å²) in [4.78, 5) is 16.9. The predicted octanol–water partition coefficient (Wildman–Crippen LogP) is 2.38. The minimum absolute atomic E-state index is 0.00164. The van der Waals surface area contributed by atoms with E-state index in [2.05, 4.69) is 17.6 Å². The van der Waals surface area contributed by atoms with Crippen LogP contribution < -0.4 is 11.3 Å². The number of nitrogens with zero attached hydrogens (tertiary/aromatic N) is 3. The molecule has 0 bridgehead atoms. The van der Waals surface area contributed by atoms with Gasteiger partial charge in [0.05, 0.1) is 23.7 Å². The van der Waals surface area contributed by atoms with Crippen LogP contribution in [0.3, 0.4) is 0 Å². The van der Waals surface area contributed by atoms with Crippen LogP contribution in [-0.4, -0.2) is 27.8 Å². The maximum atomic E-state index is 12.0. The summed E-state index contributed by atoms with van der Waals surface area (Å²) >= 11 is 0. The van der Waals surface area contributed by atoms with Crippen LogP contribution in [0.15, 0.2) is 35.3 Å². The number of aryl methyl sites for hydroxylation is 2. The Morgan fingerprint density at radius 1 is 1.32 bits per heavy atom. The summed E-state index contributed by atoms with van der Waals surface area (Å²) in [6.07, 6.45) is 1.83. The number of rotatable bonds is 5. The zero-order valence-corrected chi connectivity index (χ0v) is 15.1. The summed E-state index contributed by atoms with van der Waals surface area (Å²) in [5.41, 5.74) is 10.3. The van der Waals surface area contributed by atoms with E-state index >= 15 is 0 Å². The third-order valence-corrected chi connectivity index (χ3v) is 4.46. The van der Waals surface area contributed by atoms with Crippen molar-refractivity contribution in [3.8, 4) is 11.4 Å². The summed E-state index contributed by atoms with van der Waals surface area (Å²) in [7, 11) is 3.45. The number of hydrogen-bond acceptors (Lipinski definition) is 4. The van der Waals surface area contributed by atoms with E-state index in [-0.39, 0.29) is 11.6 Å². The summed E-state index contributed by atoms with van der Waals surface area (Å²) in [5, 5.41) is 0. The molecule has 1 atom stereocenters. The van der Waals surface area contributed by atoms with Crippen LogP contribution in [0.25, 0.3) is 22.4 Å². The molecule has 0 spiro atoms. The third-order valence-electron chi connectivity index (χ3n) is 4.46. The fourth-order valence-corrected chi connectivity index (χ4v) is 3.24. The molecule has 2 heterocycles. The monoisotopic (exact) mass is 340 g/mol. The Balaban J connectivity index is 2.29. The fraction of sp³-hybridized carbons (Fsp3) is 0.368. The van der Waals surface area contributed by atoms with Gasteiger partial charge in [0.1, 0.15) is 5.82 Å². The molecule has 0 saturated heterocycles. The third kappa shape index (κ3) is 3.10. The Labute approximate surface area is 146 Å². The van der Waals surface area contributed by atoms with Gasteiger partial charge >= 0.3 is 0 Å². The average Bonchev–Trinajstić information content (AvgIpc) is 2.97. The first-order valence-electron chi connectivity index (χ1n) is 8.33. The molecule has 6 heteroatoms. The van der Waals surface area contributed by atoms with Gasteiger partial charge in [0.15, 0.2) is 0 Å². The first kappa shape index (κ1) is 17.4. The van der Waals surface area contributed by atoms with Gasteiger partial charge < -0.3 is 19.6 Å². The van der Waals surface area contributed by atoms with Crippen molar-refractivity contribution in [2.45, 2.75) is 26.4 Å². The molecule has 2 N–H and O–H groups in total. The van der Waals surface area contributed by atoms with Crippen molar-refractivity contribution < 1.29 is 4.74 Å². The standard InChI is InChI=1S/C19H24N4O2/c1-12-7-15(10-22(3)19(12)24)18-21-16-8-14(9-20)5-6-17(16)23(18)13(2)11-25-4/h5-8,10,13H,9,11,20H2,1-4H3/t13-/m0/s1. The number of fused-ring (bicyclic) bond motifs is 1. The maximum Gasteiger partial charge on any atom is 0.253 e. The first-order chi connectivity index (χ1) is 12.0. The highest BCUT2D eigenvalue weighted by Gasteiger charge is 2.18. The number of benzene rings is 1. The number of ether oxygens (including phenoxy) is 1. The van der Waals surface area contributed by atoms with Gasteiger partial charge in [0.2, 0.25) is 0 Å². The van der Waals surface area contributed by atoms with Gasteiger partial charge in [0, 0.05) is 38.0 Å². The number of nitrogens with two attached hydrogens (primary N) is 1. The molecule has 0 radical (unpaired) electrons. The average molecular weight is 340 g/mol. The number of aromatic nitrogens is 3. The molecule has 1 aromatic carbocycles. The molecule has 0 saturated carbocycles. The van der Waals surface area contributed by atoms with Crippen LogP contribution in [0, 0.1) is 6.92 Å². The normalized spacial score (nSPS) is 12.7. The van der Waals surface area contributed by atoms with E-state index in [4.69, 9.17) is 15.5 Å². The molecule has 25 heavy (non-hydrogen) atoms. The van der Waals surface area contributed by atoms with Crippen LogP contribution in [0.5, 0.6) is 0 Å². The van der Waals surface area contributed by atoms with Crippen molar-refractivity contribution in [2.75, 3.05) is 13.7 Å². The van der Waals surface area contributed by atoms with Crippen molar-refractivity contribution in [1.82, 2.24) is 14.1 Å². The summed E-state index contributed by atoms with van der Waals surface area (Å²) < 4.78 is 9.12. The van der Waals surface area contributed by atoms with E-state index in [1.165, 1.54) is 0 Å². The van der Waals surface area contributed by atoms with Gasteiger partial charge in [-0.25, -0.2) is 4.98 Å². The number of pyridine rings is 1. The highest BCUT2D eigenvalue weighted by Crippen LogP contribution is 2.29. The molecule has 0 amide bonds. The van der Waals surface area contributed by atoms with Crippen LogP contribution in [-0.2, 0) is 18.3 Å². The molecular formula is C19H24N4O2. The van der Waals surface area contributed by atoms with Crippen LogP contribution in [0.2, 0.25) is 0 Å². The highest BCUT2D eigenvalue weighted by atomic mass is 16.5. The van der Waals surface area contributed by atoms with E-state index < -0.39 is 0 Å². The minimum atomic E-state index is 0.00164. The van der Waals surface area contributed by atoms with E-state index in [1.807, 2.05) is 31.3 Å². The number of hydrogen-bond donors (Lipinski definition) is 1. The minimum Gasteiger partial charge on any atom is -0.383 e. The molecule has 6 nitrogen and oxygen atoms in total. The SMILES string of the molecule is COC[C@H](C)n1c(-c2cc(C)c(=O)n(C)c2)nc2cc(CN)ccc21. The van der Waals surface area contributed by atoms with E-state index in [0.29, 0.717) is 18.7 Å². The second kappa shape index (κ2) is 6.82. The topological polar surface area (TPSA) is 75.1 Å². The van der Waals surface area contributed by atoms with Crippen LogP contribution in [0.4, 0.5) is 0 Å². The molecule has 0 unspecified atom stereocenters. The molecule has 2 aromatic heterocycles. The highest BCUT2D eigenvalue weighted by molar-refractivity contribution is 5.81. The number of methoxy groups -OCH3 is 1.